The van der Waals surface area contributed by atoms with Crippen molar-refractivity contribution in [3.63, 3.8) is 0 Å². The molecule has 0 saturated carbocycles. The maximum atomic E-state index is 5.97. The number of rotatable bonds is 1. The molecule has 1 aliphatic rings. The van der Waals surface area contributed by atoms with Gasteiger partial charge in [-0.25, -0.2) is 0 Å². The van der Waals surface area contributed by atoms with E-state index in [2.05, 4.69) is 4.90 Å². The van der Waals surface area contributed by atoms with Crippen LogP contribution in [-0.2, 0) is 0 Å². The van der Waals surface area contributed by atoms with Gasteiger partial charge in [-0.1, -0.05) is 23.2 Å². The summed E-state index contributed by atoms with van der Waals surface area (Å²) in [5, 5.41) is 1.27. The maximum absolute atomic E-state index is 5.97. The fraction of sp³-hybridized carbons (Fsp3) is 0.400. The van der Waals surface area contributed by atoms with Crippen LogP contribution in [0.25, 0.3) is 0 Å². The van der Waals surface area contributed by atoms with Gasteiger partial charge in [-0.3, -0.25) is 0 Å². The minimum absolute atomic E-state index is 0.627. The van der Waals surface area contributed by atoms with Gasteiger partial charge < -0.3 is 4.90 Å². The Hall–Kier alpha value is -0.0500. The molecule has 76 valence electrons. The Bertz CT molecular complexity index is 324. The van der Waals surface area contributed by atoms with Crippen molar-refractivity contribution >= 4 is 40.7 Å². The molecule has 2 rings (SSSR count). The van der Waals surface area contributed by atoms with Crippen LogP contribution in [0.2, 0.25) is 10.0 Å². The molecule has 0 N–H and O–H groups in total. The van der Waals surface area contributed by atoms with Crippen LogP contribution >= 0.6 is 35.0 Å². The normalized spacial score (nSPS) is 17.1. The first-order valence-electron chi connectivity index (χ1n) is 4.55. The lowest BCUT2D eigenvalue weighted by Crippen LogP contribution is -2.32. The molecule has 0 atom stereocenters. The molecule has 0 amide bonds. The zero-order valence-corrected chi connectivity index (χ0v) is 10.0. The van der Waals surface area contributed by atoms with Gasteiger partial charge in [0, 0.05) is 30.3 Å². The average Bonchev–Trinajstić information content (AvgIpc) is 2.23. The molecule has 14 heavy (non-hydrogen) atoms. The molecule has 1 aromatic rings. The molecule has 1 saturated heterocycles. The fourth-order valence-electron chi connectivity index (χ4n) is 1.50. The highest BCUT2D eigenvalue weighted by Gasteiger charge is 2.11. The molecular formula is C10H11Cl2NS. The van der Waals surface area contributed by atoms with E-state index in [0.717, 1.165) is 13.1 Å². The van der Waals surface area contributed by atoms with E-state index in [-0.39, 0.29) is 0 Å². The highest BCUT2D eigenvalue weighted by molar-refractivity contribution is 7.99. The smallest absolute Gasteiger partial charge is 0.0612 e. The van der Waals surface area contributed by atoms with E-state index < -0.39 is 0 Å². The monoisotopic (exact) mass is 247 g/mol. The van der Waals surface area contributed by atoms with Crippen molar-refractivity contribution < 1.29 is 0 Å². The van der Waals surface area contributed by atoms with Gasteiger partial charge >= 0.3 is 0 Å². The summed E-state index contributed by atoms with van der Waals surface area (Å²) in [6.07, 6.45) is 0. The third-order valence-electron chi connectivity index (χ3n) is 2.28. The summed E-state index contributed by atoms with van der Waals surface area (Å²) < 4.78 is 0. The summed E-state index contributed by atoms with van der Waals surface area (Å²) in [7, 11) is 0. The van der Waals surface area contributed by atoms with Crippen LogP contribution in [0.5, 0.6) is 0 Å². The van der Waals surface area contributed by atoms with E-state index in [9.17, 15) is 0 Å². The van der Waals surface area contributed by atoms with Crippen LogP contribution in [0.1, 0.15) is 0 Å². The predicted octanol–water partition coefficient (Wildman–Crippen LogP) is 3.55. The molecule has 0 unspecified atom stereocenters. The van der Waals surface area contributed by atoms with E-state index in [4.69, 9.17) is 23.2 Å². The molecule has 1 nitrogen and oxygen atoms in total. The first-order chi connectivity index (χ1) is 6.77. The zero-order valence-electron chi connectivity index (χ0n) is 7.67. The first-order valence-corrected chi connectivity index (χ1v) is 6.46. The molecule has 0 aliphatic carbocycles. The van der Waals surface area contributed by atoms with Crippen molar-refractivity contribution in [2.45, 2.75) is 0 Å². The number of hydrogen-bond acceptors (Lipinski definition) is 2. The number of hydrogen-bond donors (Lipinski definition) is 0. The summed E-state index contributed by atoms with van der Waals surface area (Å²) in [4.78, 5) is 2.35. The van der Waals surface area contributed by atoms with E-state index >= 15 is 0 Å². The van der Waals surface area contributed by atoms with Crippen LogP contribution in [0.3, 0.4) is 0 Å². The second-order valence-electron chi connectivity index (χ2n) is 3.20. The summed E-state index contributed by atoms with van der Waals surface area (Å²) in [5.41, 5.74) is 1.18. The maximum Gasteiger partial charge on any atom is 0.0612 e. The average molecular weight is 248 g/mol. The summed E-state index contributed by atoms with van der Waals surface area (Å²) in [5.74, 6) is 2.39. The van der Waals surface area contributed by atoms with Crippen LogP contribution in [0.4, 0.5) is 5.69 Å². The fourth-order valence-corrected chi connectivity index (χ4v) is 2.70. The predicted molar refractivity (Wildman–Crippen MR) is 66.0 cm³/mol. The molecule has 0 spiro atoms. The number of anilines is 1. The molecule has 1 aliphatic heterocycles. The van der Waals surface area contributed by atoms with Crippen molar-refractivity contribution in [1.29, 1.82) is 0 Å². The van der Waals surface area contributed by atoms with Crippen molar-refractivity contribution in [2.24, 2.45) is 0 Å². The lowest BCUT2D eigenvalue weighted by molar-refractivity contribution is 0.859. The standard InChI is InChI=1S/C10H11Cl2NS/c11-9-2-1-8(7-10(9)12)13-3-5-14-6-4-13/h1-2,7H,3-6H2. The molecular weight excluding hydrogens is 237 g/mol. The SMILES string of the molecule is Clc1ccc(N2CCSCC2)cc1Cl. The van der Waals surface area contributed by atoms with Crippen LogP contribution in [0.15, 0.2) is 18.2 Å². The number of halogens is 2. The van der Waals surface area contributed by atoms with Crippen molar-refractivity contribution in [2.75, 3.05) is 29.5 Å². The second-order valence-corrected chi connectivity index (χ2v) is 5.24. The Balaban J connectivity index is 2.18. The minimum atomic E-state index is 0.627. The Morgan fingerprint density at radius 2 is 1.79 bits per heavy atom. The van der Waals surface area contributed by atoms with Gasteiger partial charge in [-0.05, 0) is 18.2 Å². The molecule has 0 aromatic heterocycles. The molecule has 4 heteroatoms. The quantitative estimate of drug-likeness (QED) is 0.747. The Morgan fingerprint density at radius 1 is 1.07 bits per heavy atom. The molecule has 0 radical (unpaired) electrons. The van der Waals surface area contributed by atoms with Gasteiger partial charge in [0.25, 0.3) is 0 Å². The van der Waals surface area contributed by atoms with Crippen LogP contribution < -0.4 is 4.90 Å². The van der Waals surface area contributed by atoms with E-state index in [1.165, 1.54) is 17.2 Å². The van der Waals surface area contributed by atoms with Gasteiger partial charge in [-0.2, -0.15) is 11.8 Å². The van der Waals surface area contributed by atoms with Gasteiger partial charge in [-0.15, -0.1) is 0 Å². The molecule has 0 bridgehead atoms. The van der Waals surface area contributed by atoms with Crippen LogP contribution in [-0.4, -0.2) is 24.6 Å². The van der Waals surface area contributed by atoms with Crippen LogP contribution in [0, 0.1) is 0 Å². The lowest BCUT2D eigenvalue weighted by atomic mass is 10.3. The molecule has 1 heterocycles. The Kier molecular flexibility index (Phi) is 3.47. The number of nitrogens with zero attached hydrogens (tertiary/aromatic N) is 1. The highest BCUT2D eigenvalue weighted by Crippen LogP contribution is 2.28. The number of benzene rings is 1. The zero-order chi connectivity index (χ0) is 9.97. The van der Waals surface area contributed by atoms with E-state index in [0.29, 0.717) is 10.0 Å². The van der Waals surface area contributed by atoms with Gasteiger partial charge in [0.15, 0.2) is 0 Å². The van der Waals surface area contributed by atoms with Crippen molar-refractivity contribution in [3.8, 4) is 0 Å². The largest absolute Gasteiger partial charge is 0.370 e. The topological polar surface area (TPSA) is 3.24 Å². The summed E-state index contributed by atoms with van der Waals surface area (Å²) in [6.45, 7) is 2.20. The second kappa shape index (κ2) is 4.65. The van der Waals surface area contributed by atoms with Crippen molar-refractivity contribution in [3.05, 3.63) is 28.2 Å². The first kappa shape index (κ1) is 10.5. The summed E-state index contributed by atoms with van der Waals surface area (Å²) in [6, 6.07) is 5.84. The minimum Gasteiger partial charge on any atom is -0.370 e. The highest BCUT2D eigenvalue weighted by atomic mass is 35.5. The molecule has 1 aromatic carbocycles. The third kappa shape index (κ3) is 2.30. The van der Waals surface area contributed by atoms with Crippen molar-refractivity contribution in [1.82, 2.24) is 0 Å². The van der Waals surface area contributed by atoms with E-state index in [1.807, 2.05) is 30.0 Å². The summed E-state index contributed by atoms with van der Waals surface area (Å²) >= 11 is 13.8. The molecule has 1 fully saturated rings. The Morgan fingerprint density at radius 3 is 2.43 bits per heavy atom. The Labute approximate surface area is 98.4 Å². The third-order valence-corrected chi connectivity index (χ3v) is 3.96. The lowest BCUT2D eigenvalue weighted by Gasteiger charge is -2.28. The van der Waals surface area contributed by atoms with E-state index in [1.54, 1.807) is 0 Å². The number of thioether (sulfide) groups is 1. The van der Waals surface area contributed by atoms with Gasteiger partial charge in [0.05, 0.1) is 10.0 Å². The van der Waals surface area contributed by atoms with Gasteiger partial charge in [0.2, 0.25) is 0 Å². The van der Waals surface area contributed by atoms with Gasteiger partial charge in [0.1, 0.15) is 0 Å².